The predicted molar refractivity (Wildman–Crippen MR) is 63.8 cm³/mol. The maximum absolute atomic E-state index is 14.2. The summed E-state index contributed by atoms with van der Waals surface area (Å²) < 4.78 is 14.2. The number of carboxylic acids is 1. The number of hydrogen-bond donors (Lipinski definition) is 1. The van der Waals surface area contributed by atoms with Gasteiger partial charge in [-0.2, -0.15) is 0 Å². The fourth-order valence-corrected chi connectivity index (χ4v) is 2.51. The molecule has 1 N–H and O–H groups in total. The van der Waals surface area contributed by atoms with Gasteiger partial charge < -0.3 is 5.11 Å². The maximum atomic E-state index is 14.2. The van der Waals surface area contributed by atoms with Gasteiger partial charge in [0.1, 0.15) is 6.17 Å². The second kappa shape index (κ2) is 5.30. The van der Waals surface area contributed by atoms with E-state index in [0.29, 0.717) is 5.56 Å². The number of aromatic carboxylic acids is 1. The molecular weight excluding hydrogens is 219 g/mol. The molecule has 0 aliphatic heterocycles. The number of rotatable bonds is 3. The van der Waals surface area contributed by atoms with Gasteiger partial charge in [0, 0.05) is 0 Å². The van der Waals surface area contributed by atoms with Crippen LogP contribution in [0.2, 0.25) is 0 Å². The van der Waals surface area contributed by atoms with Gasteiger partial charge in [0.15, 0.2) is 0 Å². The van der Waals surface area contributed by atoms with E-state index in [1.165, 1.54) is 18.6 Å². The Morgan fingerprint density at radius 3 is 2.29 bits per heavy atom. The Morgan fingerprint density at radius 1 is 1.18 bits per heavy atom. The molecule has 1 aliphatic carbocycles. The van der Waals surface area contributed by atoms with Crippen LogP contribution >= 0.6 is 0 Å². The number of benzene rings is 1. The summed E-state index contributed by atoms with van der Waals surface area (Å²) in [7, 11) is 0. The number of halogens is 1. The van der Waals surface area contributed by atoms with E-state index in [1.54, 1.807) is 12.1 Å². The van der Waals surface area contributed by atoms with Gasteiger partial charge in [-0.25, -0.2) is 9.18 Å². The molecule has 1 aromatic rings. The summed E-state index contributed by atoms with van der Waals surface area (Å²) in [5.41, 5.74) is 0.825. The predicted octanol–water partition coefficient (Wildman–Crippen LogP) is 3.98. The normalized spacial score (nSPS) is 18.9. The van der Waals surface area contributed by atoms with Crippen molar-refractivity contribution in [2.24, 2.45) is 5.92 Å². The zero-order chi connectivity index (χ0) is 12.3. The zero-order valence-corrected chi connectivity index (χ0v) is 9.73. The first-order valence-electron chi connectivity index (χ1n) is 6.16. The van der Waals surface area contributed by atoms with E-state index in [9.17, 15) is 9.18 Å². The molecule has 0 radical (unpaired) electrons. The van der Waals surface area contributed by atoms with Crippen LogP contribution in [0.4, 0.5) is 4.39 Å². The van der Waals surface area contributed by atoms with Crippen molar-refractivity contribution < 1.29 is 14.3 Å². The third kappa shape index (κ3) is 2.84. The monoisotopic (exact) mass is 236 g/mol. The molecule has 1 aromatic carbocycles. The Bertz CT molecular complexity index is 380. The molecule has 92 valence electrons. The van der Waals surface area contributed by atoms with Crippen LogP contribution in [-0.2, 0) is 0 Å². The van der Waals surface area contributed by atoms with E-state index in [0.717, 1.165) is 25.7 Å². The second-order valence-electron chi connectivity index (χ2n) is 4.73. The SMILES string of the molecule is O=C(O)c1ccc(C(F)C2CCCCC2)cc1. The van der Waals surface area contributed by atoms with Gasteiger partial charge in [-0.1, -0.05) is 31.4 Å². The minimum absolute atomic E-state index is 0.111. The van der Waals surface area contributed by atoms with Gasteiger partial charge in [0.2, 0.25) is 0 Å². The summed E-state index contributed by atoms with van der Waals surface area (Å²) in [6.45, 7) is 0. The number of alkyl halides is 1. The third-order valence-electron chi connectivity index (χ3n) is 3.54. The van der Waals surface area contributed by atoms with Gasteiger partial charge in [0.05, 0.1) is 5.56 Å². The molecule has 0 saturated heterocycles. The molecule has 0 spiro atoms. The minimum atomic E-state index is -0.968. The fraction of sp³-hybridized carbons (Fsp3) is 0.500. The Kier molecular flexibility index (Phi) is 3.77. The van der Waals surface area contributed by atoms with Crippen molar-refractivity contribution in [2.45, 2.75) is 38.3 Å². The van der Waals surface area contributed by atoms with Crippen molar-refractivity contribution in [1.29, 1.82) is 0 Å². The van der Waals surface area contributed by atoms with Crippen molar-refractivity contribution in [3.8, 4) is 0 Å². The van der Waals surface area contributed by atoms with Crippen molar-refractivity contribution in [3.63, 3.8) is 0 Å². The van der Waals surface area contributed by atoms with E-state index in [-0.39, 0.29) is 11.5 Å². The molecule has 3 heteroatoms. The Labute approximate surface area is 100 Å². The molecule has 1 unspecified atom stereocenters. The molecule has 0 amide bonds. The van der Waals surface area contributed by atoms with Crippen LogP contribution in [0, 0.1) is 5.92 Å². The van der Waals surface area contributed by atoms with Gasteiger partial charge in [-0.05, 0) is 36.5 Å². The summed E-state index contributed by atoms with van der Waals surface area (Å²) in [5.74, 6) is -0.857. The van der Waals surface area contributed by atoms with E-state index >= 15 is 0 Å². The molecule has 2 nitrogen and oxygen atoms in total. The van der Waals surface area contributed by atoms with Crippen molar-refractivity contribution in [1.82, 2.24) is 0 Å². The quantitative estimate of drug-likeness (QED) is 0.862. The molecule has 0 aromatic heterocycles. The summed E-state index contributed by atoms with van der Waals surface area (Å²) in [6.07, 6.45) is 4.37. The van der Waals surface area contributed by atoms with Gasteiger partial charge in [-0.3, -0.25) is 0 Å². The van der Waals surface area contributed by atoms with E-state index < -0.39 is 12.1 Å². The Balaban J connectivity index is 2.07. The largest absolute Gasteiger partial charge is 0.478 e. The zero-order valence-electron chi connectivity index (χ0n) is 9.73. The lowest BCUT2D eigenvalue weighted by molar-refractivity contribution is 0.0696. The average molecular weight is 236 g/mol. The van der Waals surface area contributed by atoms with Crippen molar-refractivity contribution in [3.05, 3.63) is 35.4 Å². The lowest BCUT2D eigenvalue weighted by Crippen LogP contribution is -2.13. The molecular formula is C14H17FO2. The smallest absolute Gasteiger partial charge is 0.335 e. The highest BCUT2D eigenvalue weighted by molar-refractivity contribution is 5.87. The molecule has 1 saturated carbocycles. The molecule has 1 fully saturated rings. The highest BCUT2D eigenvalue weighted by Gasteiger charge is 2.24. The summed E-state index contributed by atoms with van der Waals surface area (Å²) in [4.78, 5) is 10.7. The lowest BCUT2D eigenvalue weighted by atomic mass is 9.83. The van der Waals surface area contributed by atoms with Crippen molar-refractivity contribution in [2.75, 3.05) is 0 Å². The van der Waals surface area contributed by atoms with Crippen LogP contribution in [0.3, 0.4) is 0 Å². The first-order chi connectivity index (χ1) is 8.18. The van der Waals surface area contributed by atoms with Crippen LogP contribution < -0.4 is 0 Å². The first-order valence-corrected chi connectivity index (χ1v) is 6.16. The standard InChI is InChI=1S/C14H17FO2/c15-13(10-4-2-1-3-5-10)11-6-8-12(9-7-11)14(16)17/h6-10,13H,1-5H2,(H,16,17). The molecule has 1 aliphatic rings. The number of hydrogen-bond acceptors (Lipinski definition) is 1. The third-order valence-corrected chi connectivity index (χ3v) is 3.54. The second-order valence-corrected chi connectivity index (χ2v) is 4.73. The molecule has 17 heavy (non-hydrogen) atoms. The molecule has 0 heterocycles. The number of carboxylic acid groups (broad SMARTS) is 1. The van der Waals surface area contributed by atoms with E-state index in [2.05, 4.69) is 0 Å². The van der Waals surface area contributed by atoms with Gasteiger partial charge in [-0.15, -0.1) is 0 Å². The summed E-state index contributed by atoms with van der Waals surface area (Å²) in [5, 5.41) is 8.77. The van der Waals surface area contributed by atoms with E-state index in [4.69, 9.17) is 5.11 Å². The highest BCUT2D eigenvalue weighted by atomic mass is 19.1. The summed E-state index contributed by atoms with van der Waals surface area (Å²) in [6, 6.07) is 6.16. The first kappa shape index (κ1) is 12.1. The van der Waals surface area contributed by atoms with Crippen LogP contribution in [0.5, 0.6) is 0 Å². The topological polar surface area (TPSA) is 37.3 Å². The number of carbonyl (C=O) groups is 1. The van der Waals surface area contributed by atoms with Crippen LogP contribution in [0.15, 0.2) is 24.3 Å². The van der Waals surface area contributed by atoms with Crippen LogP contribution in [0.1, 0.15) is 54.2 Å². The van der Waals surface area contributed by atoms with Crippen LogP contribution in [-0.4, -0.2) is 11.1 Å². The molecule has 1 atom stereocenters. The summed E-state index contributed by atoms with van der Waals surface area (Å²) >= 11 is 0. The maximum Gasteiger partial charge on any atom is 0.335 e. The van der Waals surface area contributed by atoms with Gasteiger partial charge >= 0.3 is 5.97 Å². The Morgan fingerprint density at radius 2 is 1.76 bits per heavy atom. The van der Waals surface area contributed by atoms with Gasteiger partial charge in [0.25, 0.3) is 0 Å². The highest BCUT2D eigenvalue weighted by Crippen LogP contribution is 2.36. The average Bonchev–Trinajstić information content (AvgIpc) is 2.39. The minimum Gasteiger partial charge on any atom is -0.478 e. The molecule has 0 bridgehead atoms. The van der Waals surface area contributed by atoms with E-state index in [1.807, 2.05) is 0 Å². The Hall–Kier alpha value is -1.38. The lowest BCUT2D eigenvalue weighted by Gasteiger charge is -2.25. The fourth-order valence-electron chi connectivity index (χ4n) is 2.51. The molecule has 2 rings (SSSR count). The van der Waals surface area contributed by atoms with Crippen molar-refractivity contribution >= 4 is 5.97 Å². The van der Waals surface area contributed by atoms with Crippen LogP contribution in [0.25, 0.3) is 0 Å².